The molecule has 2 heterocycles. The molecule has 0 aliphatic carbocycles. The highest BCUT2D eigenvalue weighted by molar-refractivity contribution is 7.98. The van der Waals surface area contributed by atoms with Crippen molar-refractivity contribution in [2.75, 3.05) is 6.26 Å². The third-order valence-corrected chi connectivity index (χ3v) is 5.11. The number of hydrogen-bond acceptors (Lipinski definition) is 5. The van der Waals surface area contributed by atoms with Crippen molar-refractivity contribution < 1.29 is 9.90 Å². The lowest BCUT2D eigenvalue weighted by atomic mass is 9.98. The monoisotopic (exact) mass is 351 g/mol. The Balaban J connectivity index is 2.27. The third-order valence-electron chi connectivity index (χ3n) is 4.36. The summed E-state index contributed by atoms with van der Waals surface area (Å²) in [6.07, 6.45) is 5.91. The predicted molar refractivity (Wildman–Crippen MR) is 98.1 cm³/mol. The highest BCUT2D eigenvalue weighted by atomic mass is 32.2. The predicted octanol–water partition coefficient (Wildman–Crippen LogP) is 3.67. The molecule has 1 N–H and O–H groups in total. The molecular formula is C19H17N3O2S. The van der Waals surface area contributed by atoms with Gasteiger partial charge in [0, 0.05) is 29.9 Å². The van der Waals surface area contributed by atoms with E-state index in [1.165, 1.54) is 17.8 Å². The number of carbonyl (C=O) groups excluding carboxylic acids is 1. The van der Waals surface area contributed by atoms with Crippen molar-refractivity contribution in [3.8, 4) is 11.8 Å². The average Bonchev–Trinajstić information content (AvgIpc) is 2.93. The minimum atomic E-state index is -0.152. The average molecular weight is 351 g/mol. The Labute approximate surface area is 149 Å². The maximum Gasteiger partial charge on any atom is 0.195 e. The van der Waals surface area contributed by atoms with E-state index in [9.17, 15) is 15.2 Å². The Bertz CT molecular complexity index is 1030. The molecule has 0 amide bonds. The highest BCUT2D eigenvalue weighted by Gasteiger charge is 2.23. The van der Waals surface area contributed by atoms with Crippen LogP contribution in [0.3, 0.4) is 0 Å². The molecule has 0 radical (unpaired) electrons. The van der Waals surface area contributed by atoms with E-state index in [4.69, 9.17) is 0 Å². The summed E-state index contributed by atoms with van der Waals surface area (Å²) in [4.78, 5) is 17.9. The Kier molecular flexibility index (Phi) is 4.51. The molecule has 0 saturated heterocycles. The van der Waals surface area contributed by atoms with Crippen LogP contribution in [0.5, 0.6) is 5.75 Å². The Morgan fingerprint density at radius 2 is 2.20 bits per heavy atom. The second-order valence-corrected chi connectivity index (χ2v) is 6.49. The Morgan fingerprint density at radius 1 is 1.44 bits per heavy atom. The molecule has 0 bridgehead atoms. The smallest absolute Gasteiger partial charge is 0.195 e. The number of benzene rings is 1. The van der Waals surface area contributed by atoms with E-state index >= 15 is 0 Å². The molecule has 0 aliphatic heterocycles. The summed E-state index contributed by atoms with van der Waals surface area (Å²) in [5.74, 6) is -0.232. The van der Waals surface area contributed by atoms with E-state index in [0.717, 1.165) is 16.6 Å². The van der Waals surface area contributed by atoms with Crippen molar-refractivity contribution >= 4 is 28.4 Å². The number of hydrogen-bond donors (Lipinski definition) is 1. The van der Waals surface area contributed by atoms with Crippen LogP contribution in [0.4, 0.5) is 0 Å². The van der Waals surface area contributed by atoms with Crippen LogP contribution in [0.1, 0.15) is 34.1 Å². The van der Waals surface area contributed by atoms with Gasteiger partial charge in [0.2, 0.25) is 0 Å². The van der Waals surface area contributed by atoms with Gasteiger partial charge >= 0.3 is 0 Å². The van der Waals surface area contributed by atoms with Crippen LogP contribution < -0.4 is 0 Å². The van der Waals surface area contributed by atoms with Crippen LogP contribution in [0, 0.1) is 11.3 Å². The van der Waals surface area contributed by atoms with Crippen molar-refractivity contribution in [3.05, 3.63) is 53.0 Å². The summed E-state index contributed by atoms with van der Waals surface area (Å²) in [5.41, 5.74) is 2.95. The van der Waals surface area contributed by atoms with Gasteiger partial charge in [-0.15, -0.1) is 11.8 Å². The summed E-state index contributed by atoms with van der Waals surface area (Å²) in [6.45, 7) is 2.00. The number of aryl methyl sites for hydroxylation is 1. The van der Waals surface area contributed by atoms with Crippen LogP contribution in [-0.2, 0) is 13.5 Å². The van der Waals surface area contributed by atoms with E-state index in [1.54, 1.807) is 24.7 Å². The van der Waals surface area contributed by atoms with E-state index in [2.05, 4.69) is 4.98 Å². The summed E-state index contributed by atoms with van der Waals surface area (Å²) in [5, 5.41) is 20.2. The SMILES string of the molecule is CCc1c(C(=O)c2cc(C#N)c(O)c(SC)c2)c2ccncc2n1C. The first-order chi connectivity index (χ1) is 12.0. The van der Waals surface area contributed by atoms with Crippen LogP contribution >= 0.6 is 11.8 Å². The topological polar surface area (TPSA) is 78.9 Å². The number of carbonyl (C=O) groups is 1. The molecule has 1 aromatic carbocycles. The van der Waals surface area contributed by atoms with Crippen molar-refractivity contribution in [1.82, 2.24) is 9.55 Å². The fourth-order valence-electron chi connectivity index (χ4n) is 3.12. The summed E-state index contributed by atoms with van der Waals surface area (Å²) in [7, 11) is 1.92. The zero-order valence-corrected chi connectivity index (χ0v) is 15.0. The number of fused-ring (bicyclic) bond motifs is 1. The fourth-order valence-corrected chi connectivity index (χ4v) is 3.67. The molecule has 25 heavy (non-hydrogen) atoms. The largest absolute Gasteiger partial charge is 0.505 e. The molecule has 0 fully saturated rings. The van der Waals surface area contributed by atoms with Gasteiger partial charge in [-0.25, -0.2) is 0 Å². The fraction of sp³-hybridized carbons (Fsp3) is 0.211. The number of aromatic nitrogens is 2. The van der Waals surface area contributed by atoms with Gasteiger partial charge in [0.05, 0.1) is 27.7 Å². The third kappa shape index (κ3) is 2.67. The maximum atomic E-state index is 13.3. The minimum absolute atomic E-state index is 0.0793. The summed E-state index contributed by atoms with van der Waals surface area (Å²) in [6, 6.07) is 6.89. The van der Waals surface area contributed by atoms with Crippen molar-refractivity contribution in [2.24, 2.45) is 7.05 Å². The zero-order valence-electron chi connectivity index (χ0n) is 14.2. The Morgan fingerprint density at radius 3 is 2.84 bits per heavy atom. The number of thioether (sulfide) groups is 1. The van der Waals surface area contributed by atoms with Gasteiger partial charge in [0.1, 0.15) is 11.8 Å². The van der Waals surface area contributed by atoms with Gasteiger partial charge in [-0.1, -0.05) is 6.92 Å². The van der Waals surface area contributed by atoms with Gasteiger partial charge in [-0.3, -0.25) is 9.78 Å². The quantitative estimate of drug-likeness (QED) is 0.573. The van der Waals surface area contributed by atoms with Gasteiger partial charge < -0.3 is 9.67 Å². The molecule has 0 aliphatic rings. The van der Waals surface area contributed by atoms with Crippen molar-refractivity contribution in [3.63, 3.8) is 0 Å². The van der Waals surface area contributed by atoms with Gasteiger partial charge in [0.15, 0.2) is 5.78 Å². The summed E-state index contributed by atoms with van der Waals surface area (Å²) >= 11 is 1.30. The van der Waals surface area contributed by atoms with E-state index in [0.29, 0.717) is 22.4 Å². The van der Waals surface area contributed by atoms with Gasteiger partial charge in [-0.05, 0) is 30.9 Å². The van der Waals surface area contributed by atoms with Crippen molar-refractivity contribution in [1.29, 1.82) is 5.26 Å². The molecule has 5 nitrogen and oxygen atoms in total. The number of phenolic OH excluding ortho intramolecular Hbond substituents is 1. The molecular weight excluding hydrogens is 334 g/mol. The van der Waals surface area contributed by atoms with Crippen LogP contribution in [0.25, 0.3) is 10.9 Å². The standard InChI is InChI=1S/C19H17N3O2S/c1-4-14-17(13-5-6-21-10-15(13)22(14)2)19(24)11-7-12(9-20)18(23)16(8-11)25-3/h5-8,10,23H,4H2,1-3H3. The second-order valence-electron chi connectivity index (χ2n) is 5.64. The molecule has 3 aromatic rings. The van der Waals surface area contributed by atoms with Crippen LogP contribution in [0.2, 0.25) is 0 Å². The van der Waals surface area contributed by atoms with Crippen LogP contribution in [-0.4, -0.2) is 26.7 Å². The number of phenols is 1. The Hall–Kier alpha value is -2.78. The van der Waals surface area contributed by atoms with Gasteiger partial charge in [0.25, 0.3) is 0 Å². The van der Waals surface area contributed by atoms with E-state index in [1.807, 2.05) is 30.7 Å². The normalized spacial score (nSPS) is 10.8. The van der Waals surface area contributed by atoms with E-state index < -0.39 is 0 Å². The molecule has 6 heteroatoms. The maximum absolute atomic E-state index is 13.3. The number of aromatic hydroxyl groups is 1. The number of rotatable bonds is 4. The first-order valence-electron chi connectivity index (χ1n) is 7.80. The van der Waals surface area contributed by atoms with Crippen molar-refractivity contribution in [2.45, 2.75) is 18.2 Å². The summed E-state index contributed by atoms with van der Waals surface area (Å²) < 4.78 is 1.98. The lowest BCUT2D eigenvalue weighted by Gasteiger charge is -2.09. The highest BCUT2D eigenvalue weighted by Crippen LogP contribution is 2.34. The minimum Gasteiger partial charge on any atom is -0.505 e. The molecule has 126 valence electrons. The van der Waals surface area contributed by atoms with E-state index in [-0.39, 0.29) is 17.1 Å². The van der Waals surface area contributed by atoms with Crippen LogP contribution in [0.15, 0.2) is 35.5 Å². The molecule has 0 spiro atoms. The lowest BCUT2D eigenvalue weighted by molar-refractivity contribution is 0.103. The number of pyridine rings is 1. The second kappa shape index (κ2) is 6.61. The number of nitriles is 1. The first-order valence-corrected chi connectivity index (χ1v) is 9.03. The lowest BCUT2D eigenvalue weighted by Crippen LogP contribution is -2.07. The number of nitrogens with zero attached hydrogens (tertiary/aromatic N) is 3. The number of ketones is 1. The molecule has 0 unspecified atom stereocenters. The molecule has 2 aromatic heterocycles. The molecule has 0 atom stereocenters. The zero-order chi connectivity index (χ0) is 18.1. The molecule has 0 saturated carbocycles. The molecule has 3 rings (SSSR count). The first kappa shape index (κ1) is 17.1. The van der Waals surface area contributed by atoms with Gasteiger partial charge in [-0.2, -0.15) is 5.26 Å².